The number of hydrogen-bond donors (Lipinski definition) is 5. The maximum atomic E-state index is 12.5. The van der Waals surface area contributed by atoms with Crippen LogP contribution >= 0.6 is 0 Å². The van der Waals surface area contributed by atoms with Crippen molar-refractivity contribution in [1.82, 2.24) is 16.0 Å². The van der Waals surface area contributed by atoms with Crippen LogP contribution in [0.25, 0.3) is 0 Å². The van der Waals surface area contributed by atoms with Crippen molar-refractivity contribution in [2.75, 3.05) is 6.54 Å². The maximum Gasteiger partial charge on any atom is 0.326 e. The Morgan fingerprint density at radius 1 is 1.04 bits per heavy atom. The number of nitrogens with one attached hydrogen (secondary N) is 3. The minimum absolute atomic E-state index is 0.0415. The molecule has 3 atom stereocenters. The Morgan fingerprint density at radius 3 is 2.32 bits per heavy atom. The molecule has 9 nitrogen and oxygen atoms in total. The average molecular weight is 391 g/mol. The maximum absolute atomic E-state index is 12.5. The van der Waals surface area contributed by atoms with E-state index < -0.39 is 48.3 Å². The molecular formula is C19H25N3O6. The third-order valence-electron chi connectivity index (χ3n) is 4.54. The minimum Gasteiger partial charge on any atom is -0.481 e. The molecule has 1 fully saturated rings. The zero-order valence-corrected chi connectivity index (χ0v) is 15.4. The molecule has 152 valence electrons. The summed E-state index contributed by atoms with van der Waals surface area (Å²) in [6.07, 6.45) is 1.81. The van der Waals surface area contributed by atoms with E-state index in [1.54, 1.807) is 30.3 Å². The molecule has 0 bridgehead atoms. The lowest BCUT2D eigenvalue weighted by atomic mass is 10.0. The normalized spacial score (nSPS) is 18.5. The fourth-order valence-corrected chi connectivity index (χ4v) is 3.05. The number of hydrogen-bond acceptors (Lipinski definition) is 5. The lowest BCUT2D eigenvalue weighted by Gasteiger charge is -2.26. The van der Waals surface area contributed by atoms with Crippen LogP contribution in [0.15, 0.2) is 30.3 Å². The Labute approximate surface area is 162 Å². The molecule has 2 rings (SSSR count). The van der Waals surface area contributed by atoms with Gasteiger partial charge in [-0.25, -0.2) is 4.79 Å². The van der Waals surface area contributed by atoms with Gasteiger partial charge in [0.05, 0.1) is 12.5 Å². The van der Waals surface area contributed by atoms with E-state index in [2.05, 4.69) is 16.0 Å². The van der Waals surface area contributed by atoms with Crippen LogP contribution in [0.2, 0.25) is 0 Å². The first kappa shape index (κ1) is 21.4. The van der Waals surface area contributed by atoms with E-state index >= 15 is 0 Å². The summed E-state index contributed by atoms with van der Waals surface area (Å²) < 4.78 is 0. The summed E-state index contributed by atoms with van der Waals surface area (Å²) in [7, 11) is 0. The van der Waals surface area contributed by atoms with Gasteiger partial charge in [0.1, 0.15) is 12.1 Å². The fourth-order valence-electron chi connectivity index (χ4n) is 3.05. The summed E-state index contributed by atoms with van der Waals surface area (Å²) in [5, 5.41) is 26.3. The Morgan fingerprint density at radius 2 is 1.75 bits per heavy atom. The molecule has 0 aliphatic carbocycles. The van der Waals surface area contributed by atoms with Gasteiger partial charge in [-0.3, -0.25) is 14.4 Å². The molecular weight excluding hydrogens is 366 g/mol. The largest absolute Gasteiger partial charge is 0.481 e. The molecule has 1 aromatic rings. The second kappa shape index (κ2) is 10.4. The van der Waals surface area contributed by atoms with Crippen molar-refractivity contribution in [2.45, 2.75) is 50.2 Å². The van der Waals surface area contributed by atoms with Crippen molar-refractivity contribution in [3.8, 4) is 0 Å². The zero-order valence-electron chi connectivity index (χ0n) is 15.4. The fraction of sp³-hybridized carbons (Fsp3) is 0.474. The number of carboxylic acids is 2. The average Bonchev–Trinajstić information content (AvgIpc) is 2.68. The molecule has 5 N–H and O–H groups in total. The van der Waals surface area contributed by atoms with Crippen LogP contribution in [-0.4, -0.2) is 58.6 Å². The van der Waals surface area contributed by atoms with Crippen LogP contribution in [0.1, 0.15) is 31.2 Å². The van der Waals surface area contributed by atoms with Gasteiger partial charge in [0, 0.05) is 6.42 Å². The number of carboxylic acid groups (broad SMARTS) is 2. The number of aliphatic carboxylic acids is 2. The molecule has 9 heteroatoms. The smallest absolute Gasteiger partial charge is 0.326 e. The van der Waals surface area contributed by atoms with Gasteiger partial charge in [-0.15, -0.1) is 0 Å². The van der Waals surface area contributed by atoms with Crippen LogP contribution in [-0.2, 0) is 25.6 Å². The van der Waals surface area contributed by atoms with E-state index in [1.165, 1.54) is 0 Å². The van der Waals surface area contributed by atoms with Crippen molar-refractivity contribution < 1.29 is 29.4 Å². The van der Waals surface area contributed by atoms with E-state index in [9.17, 15) is 24.3 Å². The summed E-state index contributed by atoms with van der Waals surface area (Å²) in [5.74, 6) is -3.82. The van der Waals surface area contributed by atoms with Gasteiger partial charge in [-0.2, -0.15) is 0 Å². The molecule has 2 amide bonds. The number of carbonyl (C=O) groups excluding carboxylic acids is 2. The number of carbonyl (C=O) groups is 4. The van der Waals surface area contributed by atoms with Crippen LogP contribution in [0, 0.1) is 0 Å². The van der Waals surface area contributed by atoms with Crippen molar-refractivity contribution in [1.29, 1.82) is 0 Å². The Bertz CT molecular complexity index is 703. The zero-order chi connectivity index (χ0) is 20.5. The number of piperidine rings is 1. The van der Waals surface area contributed by atoms with Crippen molar-refractivity contribution in [3.63, 3.8) is 0 Å². The van der Waals surface area contributed by atoms with Crippen LogP contribution in [0.5, 0.6) is 0 Å². The Kier molecular flexibility index (Phi) is 7.94. The second-order valence-electron chi connectivity index (χ2n) is 6.75. The van der Waals surface area contributed by atoms with Crippen molar-refractivity contribution in [2.24, 2.45) is 0 Å². The van der Waals surface area contributed by atoms with Gasteiger partial charge >= 0.3 is 11.9 Å². The molecule has 0 aromatic heterocycles. The van der Waals surface area contributed by atoms with Crippen LogP contribution in [0.3, 0.4) is 0 Å². The minimum atomic E-state index is -1.36. The molecule has 1 aliphatic rings. The molecule has 1 saturated heterocycles. The third-order valence-corrected chi connectivity index (χ3v) is 4.54. The topological polar surface area (TPSA) is 145 Å². The first-order valence-corrected chi connectivity index (χ1v) is 9.19. The summed E-state index contributed by atoms with van der Waals surface area (Å²) in [5.41, 5.74) is 0.709. The van der Waals surface area contributed by atoms with Gasteiger partial charge in [0.2, 0.25) is 11.8 Å². The van der Waals surface area contributed by atoms with Crippen molar-refractivity contribution in [3.05, 3.63) is 35.9 Å². The highest BCUT2D eigenvalue weighted by Gasteiger charge is 2.30. The highest BCUT2D eigenvalue weighted by Crippen LogP contribution is 2.08. The number of benzene rings is 1. The van der Waals surface area contributed by atoms with Crippen LogP contribution in [0.4, 0.5) is 0 Å². The summed E-state index contributed by atoms with van der Waals surface area (Å²) in [6, 6.07) is 5.66. The molecule has 1 unspecified atom stereocenters. The van der Waals surface area contributed by atoms with Gasteiger partial charge in [0.15, 0.2) is 0 Å². The number of rotatable bonds is 9. The van der Waals surface area contributed by atoms with Crippen LogP contribution < -0.4 is 16.0 Å². The predicted molar refractivity (Wildman–Crippen MR) is 99.5 cm³/mol. The Balaban J connectivity index is 2.03. The summed E-state index contributed by atoms with van der Waals surface area (Å²) in [6.45, 7) is 0.673. The molecule has 28 heavy (non-hydrogen) atoms. The van der Waals surface area contributed by atoms with E-state index in [0.717, 1.165) is 12.8 Å². The highest BCUT2D eigenvalue weighted by atomic mass is 16.4. The first-order valence-electron chi connectivity index (χ1n) is 9.19. The second-order valence-corrected chi connectivity index (χ2v) is 6.75. The first-order chi connectivity index (χ1) is 13.4. The lowest BCUT2D eigenvalue weighted by molar-refractivity contribution is -0.143. The molecule has 1 heterocycles. The third kappa shape index (κ3) is 6.66. The number of amides is 2. The summed E-state index contributed by atoms with van der Waals surface area (Å²) in [4.78, 5) is 47.5. The lowest BCUT2D eigenvalue weighted by Crippen LogP contribution is -2.56. The van der Waals surface area contributed by atoms with Crippen molar-refractivity contribution >= 4 is 23.8 Å². The quantitative estimate of drug-likeness (QED) is 0.395. The molecule has 1 aliphatic heterocycles. The van der Waals surface area contributed by atoms with E-state index in [-0.39, 0.29) is 6.42 Å². The SMILES string of the molecule is O=C(O)C[C@@H](NC(=O)C1CCCCN1)C(=O)N[C@@H](Cc1ccccc1)C(=O)O. The van der Waals surface area contributed by atoms with E-state index in [1.807, 2.05) is 0 Å². The van der Waals surface area contributed by atoms with Gasteiger partial charge in [-0.05, 0) is 24.9 Å². The van der Waals surface area contributed by atoms with Gasteiger partial charge in [0.25, 0.3) is 0 Å². The molecule has 0 spiro atoms. The van der Waals surface area contributed by atoms with E-state index in [0.29, 0.717) is 18.5 Å². The predicted octanol–water partition coefficient (Wildman–Crippen LogP) is -0.0999. The monoisotopic (exact) mass is 391 g/mol. The molecule has 0 saturated carbocycles. The van der Waals surface area contributed by atoms with Gasteiger partial charge in [-0.1, -0.05) is 36.8 Å². The standard InChI is InChI=1S/C19H25N3O6/c23-16(24)11-14(21-17(25)13-8-4-5-9-20-13)18(26)22-15(19(27)28)10-12-6-2-1-3-7-12/h1-3,6-7,13-15,20H,4-5,8-11H2,(H,21,25)(H,22,26)(H,23,24)(H,27,28)/t13?,14-,15+/m1/s1. The summed E-state index contributed by atoms with van der Waals surface area (Å²) >= 11 is 0. The highest BCUT2D eigenvalue weighted by molar-refractivity contribution is 5.94. The molecule has 1 aromatic carbocycles. The van der Waals surface area contributed by atoms with Gasteiger partial charge < -0.3 is 26.2 Å². The van der Waals surface area contributed by atoms with E-state index in [4.69, 9.17) is 5.11 Å². The Hall–Kier alpha value is -2.94. The molecule has 0 radical (unpaired) electrons.